The van der Waals surface area contributed by atoms with Crippen LogP contribution in [0, 0.1) is 0 Å². The second-order valence-corrected chi connectivity index (χ2v) is 7.44. The summed E-state index contributed by atoms with van der Waals surface area (Å²) in [6.45, 7) is 6.30. The van der Waals surface area contributed by atoms with Crippen LogP contribution >= 0.6 is 11.8 Å². The summed E-state index contributed by atoms with van der Waals surface area (Å²) in [5.41, 5.74) is 2.11. The van der Waals surface area contributed by atoms with Gasteiger partial charge >= 0.3 is 0 Å². The van der Waals surface area contributed by atoms with Crippen molar-refractivity contribution in [3.63, 3.8) is 0 Å². The summed E-state index contributed by atoms with van der Waals surface area (Å²) >= 11 is 1.90. The molecule has 4 nitrogen and oxygen atoms in total. The molecule has 1 aliphatic rings. The summed E-state index contributed by atoms with van der Waals surface area (Å²) < 4.78 is 5.52. The molecular formula is C17H26N2O2S. The first-order valence-corrected chi connectivity index (χ1v) is 9.01. The van der Waals surface area contributed by atoms with Crippen molar-refractivity contribution in [2.75, 3.05) is 25.0 Å². The van der Waals surface area contributed by atoms with Gasteiger partial charge in [0.15, 0.2) is 0 Å². The molecule has 0 unspecified atom stereocenters. The molecular weight excluding hydrogens is 296 g/mol. The number of rotatable bonds is 8. The Morgan fingerprint density at radius 2 is 2.32 bits per heavy atom. The zero-order chi connectivity index (χ0) is 15.8. The second kappa shape index (κ2) is 9.18. The number of anilines is 1. The number of amides is 1. The van der Waals surface area contributed by atoms with Gasteiger partial charge in [0, 0.05) is 24.6 Å². The molecule has 2 N–H and O–H groups in total. The summed E-state index contributed by atoms with van der Waals surface area (Å²) in [4.78, 5) is 11.9. The van der Waals surface area contributed by atoms with Crippen molar-refractivity contribution in [2.45, 2.75) is 43.8 Å². The lowest BCUT2D eigenvalue weighted by atomic mass is 10.2. The van der Waals surface area contributed by atoms with Crippen molar-refractivity contribution in [1.82, 2.24) is 5.32 Å². The van der Waals surface area contributed by atoms with Gasteiger partial charge in [0.2, 0.25) is 5.91 Å². The zero-order valence-electron chi connectivity index (χ0n) is 13.4. The number of benzene rings is 1. The van der Waals surface area contributed by atoms with Crippen LogP contribution in [-0.4, -0.2) is 37.0 Å². The highest BCUT2D eigenvalue weighted by Crippen LogP contribution is 2.19. The van der Waals surface area contributed by atoms with Crippen molar-refractivity contribution < 1.29 is 9.53 Å². The summed E-state index contributed by atoms with van der Waals surface area (Å²) in [5.74, 6) is 0.963. The minimum absolute atomic E-state index is 0.00772. The van der Waals surface area contributed by atoms with Gasteiger partial charge in [-0.1, -0.05) is 26.0 Å². The summed E-state index contributed by atoms with van der Waals surface area (Å²) in [6, 6.07) is 8.07. The van der Waals surface area contributed by atoms with Gasteiger partial charge in [-0.05, 0) is 35.8 Å². The molecule has 1 atom stereocenters. The third kappa shape index (κ3) is 6.38. The van der Waals surface area contributed by atoms with Crippen molar-refractivity contribution in [3.8, 4) is 0 Å². The second-order valence-electron chi connectivity index (χ2n) is 5.87. The zero-order valence-corrected chi connectivity index (χ0v) is 14.2. The molecule has 1 saturated heterocycles. The Balaban J connectivity index is 1.72. The Morgan fingerprint density at radius 3 is 3.05 bits per heavy atom. The van der Waals surface area contributed by atoms with Gasteiger partial charge in [0.05, 0.1) is 12.6 Å². The Labute approximate surface area is 137 Å². The van der Waals surface area contributed by atoms with Crippen molar-refractivity contribution in [2.24, 2.45) is 0 Å². The van der Waals surface area contributed by atoms with Crippen LogP contribution in [0.4, 0.5) is 5.69 Å². The molecule has 5 heteroatoms. The number of hydrogen-bond acceptors (Lipinski definition) is 4. The van der Waals surface area contributed by atoms with Gasteiger partial charge in [-0.25, -0.2) is 0 Å². The molecule has 1 aliphatic heterocycles. The molecule has 2 rings (SSSR count). The fraction of sp³-hybridized carbons (Fsp3) is 0.588. The van der Waals surface area contributed by atoms with E-state index in [1.54, 1.807) is 0 Å². The first-order chi connectivity index (χ1) is 10.6. The Morgan fingerprint density at radius 1 is 1.45 bits per heavy atom. The van der Waals surface area contributed by atoms with Gasteiger partial charge in [-0.3, -0.25) is 4.79 Å². The summed E-state index contributed by atoms with van der Waals surface area (Å²) in [6.07, 6.45) is 2.48. The van der Waals surface area contributed by atoms with Gasteiger partial charge in [-0.2, -0.15) is 11.8 Å². The van der Waals surface area contributed by atoms with Crippen LogP contribution in [0.25, 0.3) is 0 Å². The van der Waals surface area contributed by atoms with Crippen molar-refractivity contribution >= 4 is 23.4 Å². The molecule has 22 heavy (non-hydrogen) atoms. The van der Waals surface area contributed by atoms with E-state index >= 15 is 0 Å². The molecule has 122 valence electrons. The molecule has 0 radical (unpaired) electrons. The predicted molar refractivity (Wildman–Crippen MR) is 93.3 cm³/mol. The average molecular weight is 322 g/mol. The first kappa shape index (κ1) is 17.3. The van der Waals surface area contributed by atoms with Crippen molar-refractivity contribution in [3.05, 3.63) is 29.8 Å². The molecule has 1 amide bonds. The predicted octanol–water partition coefficient (Wildman–Crippen LogP) is 3.04. The molecule has 1 aromatic rings. The van der Waals surface area contributed by atoms with Crippen LogP contribution < -0.4 is 10.6 Å². The maximum atomic E-state index is 11.9. The van der Waals surface area contributed by atoms with E-state index in [0.29, 0.717) is 11.8 Å². The van der Waals surface area contributed by atoms with E-state index < -0.39 is 0 Å². The fourth-order valence-electron chi connectivity index (χ4n) is 2.36. The minimum Gasteiger partial charge on any atom is -0.377 e. The molecule has 0 spiro atoms. The number of thioether (sulfide) groups is 1. The van der Waals surface area contributed by atoms with Crippen LogP contribution in [0.15, 0.2) is 24.3 Å². The van der Waals surface area contributed by atoms with Crippen LogP contribution in [0.2, 0.25) is 0 Å². The van der Waals surface area contributed by atoms with E-state index in [0.717, 1.165) is 37.4 Å². The molecule has 0 aliphatic carbocycles. The van der Waals surface area contributed by atoms with Gasteiger partial charge in [0.25, 0.3) is 0 Å². The third-order valence-corrected chi connectivity index (χ3v) is 4.64. The lowest BCUT2D eigenvalue weighted by Gasteiger charge is -2.11. The maximum Gasteiger partial charge on any atom is 0.238 e. The molecule has 0 aromatic heterocycles. The van der Waals surface area contributed by atoms with E-state index in [4.69, 9.17) is 4.74 Å². The summed E-state index contributed by atoms with van der Waals surface area (Å²) in [5, 5.41) is 6.72. The first-order valence-electron chi connectivity index (χ1n) is 7.96. The van der Waals surface area contributed by atoms with E-state index in [1.165, 1.54) is 5.56 Å². The lowest BCUT2D eigenvalue weighted by Crippen LogP contribution is -2.33. The number of hydrogen-bond donors (Lipinski definition) is 2. The van der Waals surface area contributed by atoms with Crippen molar-refractivity contribution in [1.29, 1.82) is 0 Å². The van der Waals surface area contributed by atoms with E-state index in [1.807, 2.05) is 30.0 Å². The Kier molecular flexibility index (Phi) is 7.22. The van der Waals surface area contributed by atoms with Crippen LogP contribution in [0.5, 0.6) is 0 Å². The van der Waals surface area contributed by atoms with Gasteiger partial charge in [0.1, 0.15) is 0 Å². The van der Waals surface area contributed by atoms with Crippen LogP contribution in [0.3, 0.4) is 0 Å². The molecule has 0 bridgehead atoms. The standard InChI is InChI=1S/C17H26N2O2S/c1-13(2)22-12-14-5-3-6-15(9-14)19-17(20)11-18-10-16-7-4-8-21-16/h3,5-6,9,13,16,18H,4,7-8,10-12H2,1-2H3,(H,19,20)/t16-/m1/s1. The number of ether oxygens (including phenoxy) is 1. The normalized spacial score (nSPS) is 17.9. The quantitative estimate of drug-likeness (QED) is 0.772. The highest BCUT2D eigenvalue weighted by Gasteiger charge is 2.15. The SMILES string of the molecule is CC(C)SCc1cccc(NC(=O)CNC[C@H]2CCCO2)c1. The molecule has 1 fully saturated rings. The number of nitrogens with one attached hydrogen (secondary N) is 2. The smallest absolute Gasteiger partial charge is 0.238 e. The Hall–Kier alpha value is -1.04. The third-order valence-electron chi connectivity index (χ3n) is 3.48. The van der Waals surface area contributed by atoms with E-state index in [2.05, 4.69) is 30.5 Å². The summed E-state index contributed by atoms with van der Waals surface area (Å²) in [7, 11) is 0. The van der Waals surface area contributed by atoms with Crippen LogP contribution in [0.1, 0.15) is 32.3 Å². The highest BCUT2D eigenvalue weighted by molar-refractivity contribution is 7.99. The number of carbonyl (C=O) groups excluding carboxylic acids is 1. The average Bonchev–Trinajstić information content (AvgIpc) is 2.99. The van der Waals surface area contributed by atoms with E-state index in [-0.39, 0.29) is 12.0 Å². The van der Waals surface area contributed by atoms with Gasteiger partial charge < -0.3 is 15.4 Å². The minimum atomic E-state index is -0.00772. The van der Waals surface area contributed by atoms with E-state index in [9.17, 15) is 4.79 Å². The monoisotopic (exact) mass is 322 g/mol. The van der Waals surface area contributed by atoms with Crippen LogP contribution in [-0.2, 0) is 15.3 Å². The molecule has 0 saturated carbocycles. The number of carbonyl (C=O) groups is 1. The Bertz CT molecular complexity index is 473. The maximum absolute atomic E-state index is 11.9. The van der Waals surface area contributed by atoms with Gasteiger partial charge in [-0.15, -0.1) is 0 Å². The molecule has 1 aromatic carbocycles. The molecule has 1 heterocycles. The fourth-order valence-corrected chi connectivity index (χ4v) is 3.06. The topological polar surface area (TPSA) is 50.4 Å². The lowest BCUT2D eigenvalue weighted by molar-refractivity contribution is -0.115. The largest absolute Gasteiger partial charge is 0.377 e. The highest BCUT2D eigenvalue weighted by atomic mass is 32.2.